The molecule has 1 aromatic carbocycles. The van der Waals surface area contributed by atoms with Crippen molar-refractivity contribution in [2.24, 2.45) is 5.41 Å². The average Bonchev–Trinajstić information content (AvgIpc) is 2.39. The largest absolute Gasteiger partial charge is 0.391 e. The highest BCUT2D eigenvalue weighted by atomic mass is 35.5. The van der Waals surface area contributed by atoms with E-state index in [0.717, 1.165) is 0 Å². The molecule has 0 aliphatic heterocycles. The Hall–Kier alpha value is -1.30. The highest BCUT2D eigenvalue weighted by molar-refractivity contribution is 6.45. The molecular weight excluding hydrogens is 315 g/mol. The summed E-state index contributed by atoms with van der Waals surface area (Å²) in [6, 6.07) is 4.70. The van der Waals surface area contributed by atoms with Gasteiger partial charge in [-0.25, -0.2) is 0 Å². The lowest BCUT2D eigenvalue weighted by atomic mass is 9.89. The van der Waals surface area contributed by atoms with Crippen molar-refractivity contribution in [2.45, 2.75) is 26.9 Å². The van der Waals surface area contributed by atoms with Crippen LogP contribution in [0, 0.1) is 5.41 Å². The molecule has 0 saturated carbocycles. The minimum absolute atomic E-state index is 0.0148. The van der Waals surface area contributed by atoms with E-state index in [9.17, 15) is 14.7 Å². The summed E-state index contributed by atoms with van der Waals surface area (Å²) in [5.41, 5.74) is -0.138. The van der Waals surface area contributed by atoms with Crippen LogP contribution in [0.2, 0.25) is 10.0 Å². The smallest absolute Gasteiger partial charge is 0.313 e. The van der Waals surface area contributed by atoms with Gasteiger partial charge < -0.3 is 15.7 Å². The first kappa shape index (κ1) is 17.8. The van der Waals surface area contributed by atoms with Crippen molar-refractivity contribution < 1.29 is 14.7 Å². The Morgan fingerprint density at radius 1 is 1.24 bits per heavy atom. The third-order valence-corrected chi connectivity index (χ3v) is 3.68. The summed E-state index contributed by atoms with van der Waals surface area (Å²) in [6.07, 6.45) is -0.760. The molecule has 5 nitrogen and oxygen atoms in total. The zero-order chi connectivity index (χ0) is 16.2. The summed E-state index contributed by atoms with van der Waals surface area (Å²) in [5.74, 6) is -1.73. The minimum atomic E-state index is -0.875. The topological polar surface area (TPSA) is 78.4 Å². The number of halogens is 2. The van der Waals surface area contributed by atoms with E-state index in [-0.39, 0.29) is 27.7 Å². The van der Waals surface area contributed by atoms with Crippen molar-refractivity contribution in [3.63, 3.8) is 0 Å². The van der Waals surface area contributed by atoms with Crippen molar-refractivity contribution >= 4 is 40.7 Å². The number of nitrogens with one attached hydrogen (secondary N) is 2. The molecule has 0 bridgehead atoms. The number of benzene rings is 1. The van der Waals surface area contributed by atoms with E-state index < -0.39 is 17.9 Å². The summed E-state index contributed by atoms with van der Waals surface area (Å²) in [7, 11) is 0. The molecule has 0 spiro atoms. The molecule has 0 fully saturated rings. The molecule has 0 unspecified atom stereocenters. The first-order valence-corrected chi connectivity index (χ1v) is 7.09. The second-order valence-electron chi connectivity index (χ2n) is 5.65. The Morgan fingerprint density at radius 3 is 2.43 bits per heavy atom. The van der Waals surface area contributed by atoms with Gasteiger partial charge in [-0.15, -0.1) is 0 Å². The van der Waals surface area contributed by atoms with E-state index in [2.05, 4.69) is 10.6 Å². The number of aliphatic hydroxyl groups excluding tert-OH is 1. The molecule has 0 radical (unpaired) electrons. The number of carbonyl (C=O) groups excluding carboxylic acids is 2. The monoisotopic (exact) mass is 332 g/mol. The number of hydrogen-bond donors (Lipinski definition) is 3. The fraction of sp³-hybridized carbons (Fsp3) is 0.429. The maximum absolute atomic E-state index is 11.7. The lowest BCUT2D eigenvalue weighted by Crippen LogP contribution is -2.43. The summed E-state index contributed by atoms with van der Waals surface area (Å²) in [4.78, 5) is 23.4. The second kappa shape index (κ2) is 7.11. The van der Waals surface area contributed by atoms with Gasteiger partial charge >= 0.3 is 11.8 Å². The van der Waals surface area contributed by atoms with Gasteiger partial charge in [-0.3, -0.25) is 9.59 Å². The third-order valence-electron chi connectivity index (χ3n) is 2.86. The van der Waals surface area contributed by atoms with Crippen molar-refractivity contribution in [3.05, 3.63) is 28.2 Å². The SMILES string of the molecule is CC(C)(C)[C@H](O)CNC(=O)C(=O)Nc1cccc(Cl)c1Cl. The van der Waals surface area contributed by atoms with Gasteiger partial charge in [0, 0.05) is 6.54 Å². The van der Waals surface area contributed by atoms with Crippen LogP contribution in [0.1, 0.15) is 20.8 Å². The van der Waals surface area contributed by atoms with E-state index >= 15 is 0 Å². The minimum Gasteiger partial charge on any atom is -0.391 e. The Bertz CT molecular complexity index is 542. The molecule has 0 aromatic heterocycles. The lowest BCUT2D eigenvalue weighted by molar-refractivity contribution is -0.136. The fourth-order valence-electron chi connectivity index (χ4n) is 1.36. The predicted octanol–water partition coefficient (Wildman–Crippen LogP) is 2.46. The van der Waals surface area contributed by atoms with E-state index in [1.807, 2.05) is 20.8 Å². The van der Waals surface area contributed by atoms with Crippen LogP contribution in [0.3, 0.4) is 0 Å². The van der Waals surface area contributed by atoms with Gasteiger partial charge in [-0.05, 0) is 17.5 Å². The fourth-order valence-corrected chi connectivity index (χ4v) is 1.70. The summed E-state index contributed by atoms with van der Waals surface area (Å²) in [5, 5.41) is 15.0. The average molecular weight is 333 g/mol. The number of anilines is 1. The molecule has 7 heteroatoms. The second-order valence-corrected chi connectivity index (χ2v) is 6.43. The van der Waals surface area contributed by atoms with Crippen molar-refractivity contribution in [1.29, 1.82) is 0 Å². The Kier molecular flexibility index (Phi) is 6.01. The Balaban J connectivity index is 2.60. The van der Waals surface area contributed by atoms with Crippen LogP contribution >= 0.6 is 23.2 Å². The number of amides is 2. The molecule has 2 amide bonds. The summed E-state index contributed by atoms with van der Waals surface area (Å²) < 4.78 is 0. The molecule has 0 saturated heterocycles. The van der Waals surface area contributed by atoms with E-state index in [1.54, 1.807) is 12.1 Å². The quantitative estimate of drug-likeness (QED) is 0.744. The van der Waals surface area contributed by atoms with Gasteiger partial charge in [0.15, 0.2) is 0 Å². The zero-order valence-electron chi connectivity index (χ0n) is 12.0. The van der Waals surface area contributed by atoms with Crippen LogP contribution in [-0.2, 0) is 9.59 Å². The predicted molar refractivity (Wildman–Crippen MR) is 83.6 cm³/mol. The van der Waals surface area contributed by atoms with E-state index in [0.29, 0.717) is 0 Å². The van der Waals surface area contributed by atoms with Crippen molar-refractivity contribution in [2.75, 3.05) is 11.9 Å². The molecule has 0 aliphatic rings. The van der Waals surface area contributed by atoms with Gasteiger partial charge in [0.25, 0.3) is 0 Å². The number of rotatable bonds is 3. The maximum atomic E-state index is 11.7. The Morgan fingerprint density at radius 2 is 1.86 bits per heavy atom. The zero-order valence-corrected chi connectivity index (χ0v) is 13.5. The standard InChI is InChI=1S/C14H18Cl2N2O3/c1-14(2,3)10(19)7-17-12(20)13(21)18-9-6-4-5-8(15)11(9)16/h4-6,10,19H,7H2,1-3H3,(H,17,20)(H,18,21)/t10-/m1/s1. The molecule has 3 N–H and O–H groups in total. The Labute approximate surface area is 133 Å². The molecule has 1 aromatic rings. The van der Waals surface area contributed by atoms with E-state index in [1.165, 1.54) is 6.07 Å². The van der Waals surface area contributed by atoms with Crippen LogP contribution in [0.4, 0.5) is 5.69 Å². The lowest BCUT2D eigenvalue weighted by Gasteiger charge is -2.25. The highest BCUT2D eigenvalue weighted by Gasteiger charge is 2.24. The van der Waals surface area contributed by atoms with Gasteiger partial charge in [0.2, 0.25) is 0 Å². The van der Waals surface area contributed by atoms with Crippen LogP contribution in [-0.4, -0.2) is 29.6 Å². The molecule has 1 atom stereocenters. The number of aliphatic hydroxyl groups is 1. The molecule has 21 heavy (non-hydrogen) atoms. The van der Waals surface area contributed by atoms with Gasteiger partial charge in [-0.1, -0.05) is 50.0 Å². The molecular formula is C14H18Cl2N2O3. The molecule has 1 rings (SSSR count). The van der Waals surface area contributed by atoms with Gasteiger partial charge in [0.1, 0.15) is 0 Å². The van der Waals surface area contributed by atoms with Gasteiger partial charge in [-0.2, -0.15) is 0 Å². The van der Waals surface area contributed by atoms with Crippen LogP contribution in [0.5, 0.6) is 0 Å². The first-order chi connectivity index (χ1) is 9.62. The highest BCUT2D eigenvalue weighted by Crippen LogP contribution is 2.29. The number of hydrogen-bond acceptors (Lipinski definition) is 3. The van der Waals surface area contributed by atoms with E-state index in [4.69, 9.17) is 23.2 Å². The maximum Gasteiger partial charge on any atom is 0.313 e. The first-order valence-electron chi connectivity index (χ1n) is 6.34. The molecule has 116 valence electrons. The third kappa shape index (κ3) is 5.19. The van der Waals surface area contributed by atoms with Crippen LogP contribution in [0.15, 0.2) is 18.2 Å². The summed E-state index contributed by atoms with van der Waals surface area (Å²) >= 11 is 11.7. The number of carbonyl (C=O) groups is 2. The molecule has 0 heterocycles. The van der Waals surface area contributed by atoms with Crippen molar-refractivity contribution in [1.82, 2.24) is 5.32 Å². The molecule has 0 aliphatic carbocycles. The van der Waals surface area contributed by atoms with Crippen LogP contribution < -0.4 is 10.6 Å². The van der Waals surface area contributed by atoms with Crippen LogP contribution in [0.25, 0.3) is 0 Å². The normalized spacial score (nSPS) is 12.7. The summed E-state index contributed by atoms with van der Waals surface area (Å²) in [6.45, 7) is 5.47. The van der Waals surface area contributed by atoms with Crippen molar-refractivity contribution in [3.8, 4) is 0 Å². The van der Waals surface area contributed by atoms with Gasteiger partial charge in [0.05, 0.1) is 21.8 Å².